The van der Waals surface area contributed by atoms with Crippen molar-refractivity contribution in [3.05, 3.63) is 29.0 Å². The Bertz CT molecular complexity index is 469. The molecule has 5 heteroatoms. The zero-order valence-corrected chi connectivity index (χ0v) is 9.58. The zero-order valence-electron chi connectivity index (χ0n) is 7.99. The van der Waals surface area contributed by atoms with E-state index in [1.165, 1.54) is 7.11 Å². The van der Waals surface area contributed by atoms with E-state index in [2.05, 4.69) is 26.1 Å². The highest BCUT2D eigenvalue weighted by Crippen LogP contribution is 2.39. The van der Waals surface area contributed by atoms with E-state index >= 15 is 0 Å². The molecule has 2 N–H and O–H groups in total. The second-order valence-corrected chi connectivity index (χ2v) is 3.91. The lowest BCUT2D eigenvalue weighted by atomic mass is 10.1. The molecule has 2 rings (SSSR count). The third kappa shape index (κ3) is 1.83. The van der Waals surface area contributed by atoms with E-state index in [1.54, 1.807) is 18.5 Å². The van der Waals surface area contributed by atoms with Crippen LogP contribution in [0.25, 0.3) is 11.1 Å². The van der Waals surface area contributed by atoms with Gasteiger partial charge in [0.25, 0.3) is 0 Å². The zero-order chi connectivity index (χ0) is 10.8. The Morgan fingerprint density at radius 3 is 2.87 bits per heavy atom. The molecule has 0 aliphatic carbocycles. The fourth-order valence-corrected chi connectivity index (χ4v) is 1.78. The van der Waals surface area contributed by atoms with Gasteiger partial charge in [0.1, 0.15) is 0 Å². The predicted octanol–water partition coefficient (Wildman–Crippen LogP) is 2.55. The lowest BCUT2D eigenvalue weighted by molar-refractivity contribution is 0.374. The van der Waals surface area contributed by atoms with E-state index in [9.17, 15) is 5.11 Å². The van der Waals surface area contributed by atoms with E-state index in [1.807, 2.05) is 6.07 Å². The Kier molecular flexibility index (Phi) is 2.64. The lowest BCUT2D eigenvalue weighted by Gasteiger charge is -2.08. The van der Waals surface area contributed by atoms with Crippen molar-refractivity contribution in [3.8, 4) is 22.6 Å². The molecule has 0 aliphatic heterocycles. The van der Waals surface area contributed by atoms with E-state index in [4.69, 9.17) is 4.74 Å². The molecule has 0 unspecified atom stereocenters. The first-order valence-corrected chi connectivity index (χ1v) is 5.07. The van der Waals surface area contributed by atoms with Gasteiger partial charge >= 0.3 is 0 Å². The number of aromatic amines is 1. The van der Waals surface area contributed by atoms with Crippen LogP contribution in [0.5, 0.6) is 11.5 Å². The molecule has 0 bridgehead atoms. The van der Waals surface area contributed by atoms with E-state index in [-0.39, 0.29) is 5.75 Å². The number of H-pyrrole nitrogens is 1. The molecule has 0 atom stereocenters. The number of hydrogen-bond acceptors (Lipinski definition) is 3. The summed E-state index contributed by atoms with van der Waals surface area (Å²) in [6, 6.07) is 3.52. The largest absolute Gasteiger partial charge is 0.504 e. The number of halogens is 1. The summed E-state index contributed by atoms with van der Waals surface area (Å²) in [5.41, 5.74) is 1.49. The predicted molar refractivity (Wildman–Crippen MR) is 59.9 cm³/mol. The van der Waals surface area contributed by atoms with Gasteiger partial charge in [-0.2, -0.15) is 5.10 Å². The van der Waals surface area contributed by atoms with Crippen LogP contribution in [0.15, 0.2) is 29.0 Å². The fraction of sp³-hybridized carbons (Fsp3) is 0.100. The number of aromatic hydroxyl groups is 1. The summed E-state index contributed by atoms with van der Waals surface area (Å²) in [7, 11) is 1.51. The van der Waals surface area contributed by atoms with Crippen LogP contribution in [0.4, 0.5) is 0 Å². The van der Waals surface area contributed by atoms with Gasteiger partial charge in [-0.15, -0.1) is 0 Å². The highest BCUT2D eigenvalue weighted by molar-refractivity contribution is 9.10. The summed E-state index contributed by atoms with van der Waals surface area (Å²) in [6.45, 7) is 0. The Morgan fingerprint density at radius 2 is 2.27 bits per heavy atom. The van der Waals surface area contributed by atoms with Gasteiger partial charge in [-0.25, -0.2) is 0 Å². The highest BCUT2D eigenvalue weighted by Gasteiger charge is 2.11. The van der Waals surface area contributed by atoms with Crippen molar-refractivity contribution < 1.29 is 9.84 Å². The van der Waals surface area contributed by atoms with Crippen molar-refractivity contribution in [3.63, 3.8) is 0 Å². The summed E-state index contributed by atoms with van der Waals surface area (Å²) in [5, 5.41) is 16.4. The van der Waals surface area contributed by atoms with Gasteiger partial charge in [-0.05, 0) is 12.1 Å². The molecule has 0 fully saturated rings. The topological polar surface area (TPSA) is 58.1 Å². The number of phenolic OH excluding ortho intramolecular Hbond substituents is 1. The van der Waals surface area contributed by atoms with Gasteiger partial charge in [-0.1, -0.05) is 15.9 Å². The van der Waals surface area contributed by atoms with E-state index in [0.29, 0.717) is 11.3 Å². The summed E-state index contributed by atoms with van der Waals surface area (Å²) >= 11 is 3.35. The molecule has 0 saturated carbocycles. The number of nitrogens with one attached hydrogen (secondary N) is 1. The van der Waals surface area contributed by atoms with E-state index < -0.39 is 0 Å². The molecular weight excluding hydrogens is 260 g/mol. The number of rotatable bonds is 2. The number of nitrogens with zero attached hydrogens (tertiary/aromatic N) is 1. The maximum atomic E-state index is 9.90. The van der Waals surface area contributed by atoms with Crippen LogP contribution in [0.1, 0.15) is 0 Å². The van der Waals surface area contributed by atoms with Crippen molar-refractivity contribution in [1.29, 1.82) is 0 Å². The molecule has 78 valence electrons. The molecule has 1 heterocycles. The molecule has 0 spiro atoms. The molecule has 15 heavy (non-hydrogen) atoms. The quantitative estimate of drug-likeness (QED) is 0.880. The molecule has 1 aromatic carbocycles. The minimum Gasteiger partial charge on any atom is -0.504 e. The third-order valence-electron chi connectivity index (χ3n) is 2.07. The Morgan fingerprint density at radius 1 is 1.47 bits per heavy atom. The fourth-order valence-electron chi connectivity index (χ4n) is 1.35. The van der Waals surface area contributed by atoms with Crippen LogP contribution in [-0.4, -0.2) is 22.4 Å². The van der Waals surface area contributed by atoms with E-state index in [0.717, 1.165) is 10.0 Å². The van der Waals surface area contributed by atoms with Crippen LogP contribution in [0.2, 0.25) is 0 Å². The number of aromatic nitrogens is 2. The van der Waals surface area contributed by atoms with Gasteiger partial charge in [0.2, 0.25) is 0 Å². The smallest absolute Gasteiger partial charge is 0.165 e. The molecule has 0 saturated heterocycles. The summed E-state index contributed by atoms with van der Waals surface area (Å²) < 4.78 is 5.89. The minimum atomic E-state index is 0.113. The van der Waals surface area contributed by atoms with Crippen LogP contribution < -0.4 is 4.74 Å². The molecule has 2 aromatic rings. The number of methoxy groups -OCH3 is 1. The average molecular weight is 269 g/mol. The number of ether oxygens (including phenoxy) is 1. The van der Waals surface area contributed by atoms with Gasteiger partial charge < -0.3 is 9.84 Å². The average Bonchev–Trinajstić information content (AvgIpc) is 2.74. The van der Waals surface area contributed by atoms with Crippen molar-refractivity contribution in [2.75, 3.05) is 7.11 Å². The Labute approximate surface area is 95.0 Å². The molecule has 1 aromatic heterocycles. The Hall–Kier alpha value is -1.49. The molecular formula is C10H9BrN2O2. The summed E-state index contributed by atoms with van der Waals surface area (Å²) in [6.07, 6.45) is 3.35. The second-order valence-electron chi connectivity index (χ2n) is 2.99. The molecule has 0 amide bonds. The van der Waals surface area contributed by atoms with Gasteiger partial charge in [-0.3, -0.25) is 5.10 Å². The third-order valence-corrected chi connectivity index (χ3v) is 2.53. The standard InChI is InChI=1S/C10H9BrN2O2/c1-15-9-3-7(11)2-8(10(9)14)6-4-12-13-5-6/h2-5,14H,1H3,(H,12,13). The van der Waals surface area contributed by atoms with Gasteiger partial charge in [0, 0.05) is 21.8 Å². The number of benzene rings is 1. The maximum absolute atomic E-state index is 9.90. The first kappa shape index (κ1) is 10.0. The summed E-state index contributed by atoms with van der Waals surface area (Å²) in [4.78, 5) is 0. The molecule has 4 nitrogen and oxygen atoms in total. The van der Waals surface area contributed by atoms with Crippen LogP contribution >= 0.6 is 15.9 Å². The van der Waals surface area contributed by atoms with Gasteiger partial charge in [0.05, 0.1) is 13.3 Å². The normalized spacial score (nSPS) is 10.3. The monoisotopic (exact) mass is 268 g/mol. The lowest BCUT2D eigenvalue weighted by Crippen LogP contribution is -1.86. The highest BCUT2D eigenvalue weighted by atomic mass is 79.9. The van der Waals surface area contributed by atoms with Gasteiger partial charge in [0.15, 0.2) is 11.5 Å². The van der Waals surface area contributed by atoms with Crippen LogP contribution in [0, 0.1) is 0 Å². The summed E-state index contributed by atoms with van der Waals surface area (Å²) in [5.74, 6) is 0.544. The molecule has 0 radical (unpaired) electrons. The molecule has 0 aliphatic rings. The Balaban J connectivity index is 2.61. The number of hydrogen-bond donors (Lipinski definition) is 2. The van der Waals surface area contributed by atoms with Crippen LogP contribution in [0.3, 0.4) is 0 Å². The van der Waals surface area contributed by atoms with Crippen molar-refractivity contribution in [2.24, 2.45) is 0 Å². The number of phenols is 1. The van der Waals surface area contributed by atoms with Crippen molar-refractivity contribution in [1.82, 2.24) is 10.2 Å². The second kappa shape index (κ2) is 3.94. The van der Waals surface area contributed by atoms with Crippen molar-refractivity contribution in [2.45, 2.75) is 0 Å². The SMILES string of the molecule is COc1cc(Br)cc(-c2cn[nH]c2)c1O. The van der Waals surface area contributed by atoms with Crippen LogP contribution in [-0.2, 0) is 0 Å². The maximum Gasteiger partial charge on any atom is 0.165 e. The minimum absolute atomic E-state index is 0.113. The van der Waals surface area contributed by atoms with Crippen molar-refractivity contribution >= 4 is 15.9 Å². The first-order chi connectivity index (χ1) is 7.22. The first-order valence-electron chi connectivity index (χ1n) is 4.28.